The minimum absolute atomic E-state index is 0.402. The zero-order valence-corrected chi connectivity index (χ0v) is 10.5. The average molecular weight is 241 g/mol. The van der Waals surface area contributed by atoms with Crippen molar-refractivity contribution in [2.24, 2.45) is 11.3 Å². The monoisotopic (exact) mass is 241 g/mol. The van der Waals surface area contributed by atoms with Gasteiger partial charge in [-0.3, -0.25) is 4.79 Å². The molecular formula is C13H23NO3. The fourth-order valence-corrected chi connectivity index (χ4v) is 3.69. The van der Waals surface area contributed by atoms with Crippen LogP contribution in [0.15, 0.2) is 0 Å². The Hall–Kier alpha value is -0.610. The van der Waals surface area contributed by atoms with Crippen molar-refractivity contribution in [3.8, 4) is 0 Å². The first-order chi connectivity index (χ1) is 8.00. The zero-order valence-electron chi connectivity index (χ0n) is 10.5. The van der Waals surface area contributed by atoms with Crippen molar-refractivity contribution < 1.29 is 15.0 Å². The number of aliphatic hydroxyl groups is 1. The average Bonchev–Trinajstić information content (AvgIpc) is 2.29. The summed E-state index contributed by atoms with van der Waals surface area (Å²) in [5.41, 5.74) is -1.93. The van der Waals surface area contributed by atoms with E-state index < -0.39 is 17.0 Å². The first kappa shape index (κ1) is 12.8. The number of nitrogens with one attached hydrogen (secondary N) is 1. The molecule has 2 unspecified atom stereocenters. The summed E-state index contributed by atoms with van der Waals surface area (Å²) in [6.45, 7) is 3.54. The molecule has 0 aromatic rings. The van der Waals surface area contributed by atoms with Crippen LogP contribution in [0.2, 0.25) is 0 Å². The van der Waals surface area contributed by atoms with Crippen LogP contribution in [-0.4, -0.2) is 34.9 Å². The lowest BCUT2D eigenvalue weighted by Crippen LogP contribution is -2.59. The Morgan fingerprint density at radius 3 is 2.47 bits per heavy atom. The van der Waals surface area contributed by atoms with E-state index >= 15 is 0 Å². The second-order valence-corrected chi connectivity index (χ2v) is 5.87. The lowest BCUT2D eigenvalue weighted by atomic mass is 9.58. The predicted molar refractivity (Wildman–Crippen MR) is 64.8 cm³/mol. The largest absolute Gasteiger partial charge is 0.481 e. The second-order valence-electron chi connectivity index (χ2n) is 5.87. The molecular weight excluding hydrogens is 218 g/mol. The van der Waals surface area contributed by atoms with Crippen LogP contribution in [0.3, 0.4) is 0 Å². The normalized spacial score (nSPS) is 37.6. The van der Waals surface area contributed by atoms with Gasteiger partial charge in [-0.15, -0.1) is 0 Å². The number of hydrogen-bond donors (Lipinski definition) is 3. The van der Waals surface area contributed by atoms with Gasteiger partial charge in [-0.2, -0.15) is 0 Å². The first-order valence-electron chi connectivity index (χ1n) is 6.67. The number of carbonyl (C=O) groups is 1. The molecule has 2 rings (SSSR count). The first-order valence-corrected chi connectivity index (χ1v) is 6.67. The number of rotatable bonds is 2. The van der Waals surface area contributed by atoms with Gasteiger partial charge in [0, 0.05) is 0 Å². The Balaban J connectivity index is 2.29. The zero-order chi connectivity index (χ0) is 12.5. The van der Waals surface area contributed by atoms with Gasteiger partial charge in [0.1, 0.15) is 0 Å². The SMILES string of the molecule is CC1CCCC(C(=O)O)(C2(O)CCNCC2)C1. The van der Waals surface area contributed by atoms with E-state index in [1.807, 2.05) is 0 Å². The summed E-state index contributed by atoms with van der Waals surface area (Å²) >= 11 is 0. The molecule has 2 fully saturated rings. The van der Waals surface area contributed by atoms with E-state index in [0.717, 1.165) is 25.9 Å². The molecule has 0 amide bonds. The summed E-state index contributed by atoms with van der Waals surface area (Å²) in [5.74, 6) is -0.396. The fraction of sp³-hybridized carbons (Fsp3) is 0.923. The van der Waals surface area contributed by atoms with E-state index in [4.69, 9.17) is 0 Å². The fourth-order valence-electron chi connectivity index (χ4n) is 3.69. The number of carboxylic acids is 1. The van der Waals surface area contributed by atoms with E-state index in [1.54, 1.807) is 0 Å². The van der Waals surface area contributed by atoms with Gasteiger partial charge in [0.25, 0.3) is 0 Å². The Morgan fingerprint density at radius 2 is 1.94 bits per heavy atom. The Bertz CT molecular complexity index is 299. The molecule has 0 radical (unpaired) electrons. The van der Waals surface area contributed by atoms with Crippen molar-refractivity contribution >= 4 is 5.97 Å². The van der Waals surface area contributed by atoms with Crippen molar-refractivity contribution in [1.82, 2.24) is 5.32 Å². The van der Waals surface area contributed by atoms with E-state index in [2.05, 4.69) is 12.2 Å². The molecule has 1 aliphatic carbocycles. The van der Waals surface area contributed by atoms with E-state index in [9.17, 15) is 15.0 Å². The quantitative estimate of drug-likeness (QED) is 0.683. The van der Waals surface area contributed by atoms with E-state index in [1.165, 1.54) is 0 Å². The molecule has 1 aliphatic heterocycles. The molecule has 2 atom stereocenters. The number of piperidine rings is 1. The van der Waals surface area contributed by atoms with Crippen molar-refractivity contribution in [3.63, 3.8) is 0 Å². The highest BCUT2D eigenvalue weighted by molar-refractivity contribution is 5.76. The molecule has 3 N–H and O–H groups in total. The summed E-state index contributed by atoms with van der Waals surface area (Å²) < 4.78 is 0. The summed E-state index contributed by atoms with van der Waals surface area (Å²) in [6, 6.07) is 0. The van der Waals surface area contributed by atoms with Gasteiger partial charge in [-0.05, 0) is 44.7 Å². The highest BCUT2D eigenvalue weighted by Gasteiger charge is 2.57. The molecule has 0 spiro atoms. The lowest BCUT2D eigenvalue weighted by Gasteiger charge is -2.50. The summed E-state index contributed by atoms with van der Waals surface area (Å²) in [6.07, 6.45) is 4.38. The van der Waals surface area contributed by atoms with Gasteiger partial charge >= 0.3 is 5.97 Å². The van der Waals surface area contributed by atoms with Crippen LogP contribution < -0.4 is 5.32 Å². The Kier molecular flexibility index (Phi) is 3.46. The topological polar surface area (TPSA) is 69.6 Å². The van der Waals surface area contributed by atoms with Gasteiger partial charge in [-0.25, -0.2) is 0 Å². The van der Waals surface area contributed by atoms with Crippen LogP contribution in [0.4, 0.5) is 0 Å². The molecule has 17 heavy (non-hydrogen) atoms. The predicted octanol–water partition coefficient (Wildman–Crippen LogP) is 1.38. The Morgan fingerprint density at radius 1 is 1.29 bits per heavy atom. The van der Waals surface area contributed by atoms with Gasteiger partial charge in [-0.1, -0.05) is 19.8 Å². The summed E-state index contributed by atoms with van der Waals surface area (Å²) in [5, 5.41) is 23.7. The molecule has 2 aliphatic rings. The van der Waals surface area contributed by atoms with Crippen LogP contribution in [0, 0.1) is 11.3 Å². The third-order valence-electron chi connectivity index (χ3n) is 4.73. The van der Waals surface area contributed by atoms with Crippen LogP contribution >= 0.6 is 0 Å². The minimum Gasteiger partial charge on any atom is -0.481 e. The van der Waals surface area contributed by atoms with Crippen LogP contribution in [0.25, 0.3) is 0 Å². The maximum Gasteiger partial charge on any atom is 0.312 e. The van der Waals surface area contributed by atoms with Crippen molar-refractivity contribution in [2.75, 3.05) is 13.1 Å². The number of aliphatic carboxylic acids is 1. The highest BCUT2D eigenvalue weighted by Crippen LogP contribution is 2.50. The van der Waals surface area contributed by atoms with Crippen LogP contribution in [0.5, 0.6) is 0 Å². The van der Waals surface area contributed by atoms with Gasteiger partial charge in [0.05, 0.1) is 11.0 Å². The summed E-state index contributed by atoms with van der Waals surface area (Å²) in [7, 11) is 0. The number of hydrogen-bond acceptors (Lipinski definition) is 3. The van der Waals surface area contributed by atoms with Crippen molar-refractivity contribution in [3.05, 3.63) is 0 Å². The molecule has 0 bridgehead atoms. The van der Waals surface area contributed by atoms with E-state index in [0.29, 0.717) is 31.6 Å². The molecule has 98 valence electrons. The molecule has 4 nitrogen and oxygen atoms in total. The maximum absolute atomic E-state index is 11.7. The number of carboxylic acid groups (broad SMARTS) is 1. The Labute approximate surface area is 102 Å². The highest BCUT2D eigenvalue weighted by atomic mass is 16.4. The molecule has 1 heterocycles. The maximum atomic E-state index is 11.7. The third-order valence-corrected chi connectivity index (χ3v) is 4.73. The lowest BCUT2D eigenvalue weighted by molar-refractivity contribution is -0.182. The summed E-state index contributed by atoms with van der Waals surface area (Å²) in [4.78, 5) is 11.7. The van der Waals surface area contributed by atoms with Gasteiger partial charge in [0.2, 0.25) is 0 Å². The van der Waals surface area contributed by atoms with Crippen molar-refractivity contribution in [1.29, 1.82) is 0 Å². The van der Waals surface area contributed by atoms with Gasteiger partial charge in [0.15, 0.2) is 0 Å². The molecule has 4 heteroatoms. The molecule has 0 aromatic carbocycles. The minimum atomic E-state index is -1.02. The third kappa shape index (κ3) is 2.08. The smallest absolute Gasteiger partial charge is 0.312 e. The molecule has 0 aromatic heterocycles. The molecule has 1 saturated carbocycles. The standard InChI is InChI=1S/C13H23NO3/c1-10-3-2-4-12(9-10,11(15)16)13(17)5-7-14-8-6-13/h10,14,17H,2-9H2,1H3,(H,15,16). The van der Waals surface area contributed by atoms with Crippen LogP contribution in [0.1, 0.15) is 45.4 Å². The second kappa shape index (κ2) is 4.58. The van der Waals surface area contributed by atoms with Crippen LogP contribution in [-0.2, 0) is 4.79 Å². The molecule has 1 saturated heterocycles. The van der Waals surface area contributed by atoms with E-state index in [-0.39, 0.29) is 0 Å². The van der Waals surface area contributed by atoms with Gasteiger partial charge < -0.3 is 15.5 Å². The van der Waals surface area contributed by atoms with Crippen molar-refractivity contribution in [2.45, 2.75) is 51.0 Å².